The minimum Gasteiger partial charge on any atom is -0.389 e. The van der Waals surface area contributed by atoms with Crippen LogP contribution in [0.4, 0.5) is 0 Å². The highest BCUT2D eigenvalue weighted by atomic mass is 16.3. The van der Waals surface area contributed by atoms with Crippen LogP contribution in [-0.4, -0.2) is 34.6 Å². The first kappa shape index (κ1) is 13.9. The van der Waals surface area contributed by atoms with E-state index in [4.69, 9.17) is 0 Å². The van der Waals surface area contributed by atoms with E-state index in [1.807, 2.05) is 19.9 Å². The number of hydrogen-bond donors (Lipinski definition) is 1. The van der Waals surface area contributed by atoms with Gasteiger partial charge in [0.1, 0.15) is 0 Å². The van der Waals surface area contributed by atoms with Crippen LogP contribution in [0.25, 0.3) is 0 Å². The van der Waals surface area contributed by atoms with Gasteiger partial charge in [0, 0.05) is 19.2 Å². The maximum atomic E-state index is 11.6. The molecule has 0 saturated carbocycles. The number of rotatable bonds is 5. The zero-order chi connectivity index (χ0) is 11.9. The maximum Gasteiger partial charge on any atom is 0.246 e. The summed E-state index contributed by atoms with van der Waals surface area (Å²) in [4.78, 5) is 13.2. The number of hydrogen-bond acceptors (Lipinski definition) is 2. The molecule has 0 aliphatic carbocycles. The molecule has 0 heterocycles. The molecule has 1 amide bonds. The normalized spacial score (nSPS) is 12.6. The summed E-state index contributed by atoms with van der Waals surface area (Å²) in [6.07, 6.45) is 6.87. The third kappa shape index (κ3) is 6.91. The largest absolute Gasteiger partial charge is 0.389 e. The number of allylic oxidation sites excluding steroid dienone is 3. The molecule has 0 saturated heterocycles. The Kier molecular flexibility index (Phi) is 5.94. The molecular formula is C12H21NO2. The first-order valence-electron chi connectivity index (χ1n) is 5.21. The van der Waals surface area contributed by atoms with Gasteiger partial charge in [-0.15, -0.1) is 0 Å². The molecule has 0 aromatic heterocycles. The van der Waals surface area contributed by atoms with E-state index in [-0.39, 0.29) is 5.91 Å². The minimum absolute atomic E-state index is 0.0716. The van der Waals surface area contributed by atoms with Crippen molar-refractivity contribution in [2.24, 2.45) is 0 Å². The van der Waals surface area contributed by atoms with Gasteiger partial charge in [-0.05, 0) is 27.7 Å². The molecule has 0 rings (SSSR count). The molecule has 0 atom stereocenters. The van der Waals surface area contributed by atoms with Gasteiger partial charge in [0.05, 0.1) is 5.60 Å². The van der Waals surface area contributed by atoms with E-state index in [9.17, 15) is 9.90 Å². The quantitative estimate of drug-likeness (QED) is 0.556. The molecule has 0 aliphatic heterocycles. The molecule has 3 heteroatoms. The van der Waals surface area contributed by atoms with Crippen LogP contribution in [-0.2, 0) is 4.79 Å². The van der Waals surface area contributed by atoms with Crippen LogP contribution in [0.3, 0.4) is 0 Å². The van der Waals surface area contributed by atoms with E-state index < -0.39 is 5.60 Å². The van der Waals surface area contributed by atoms with E-state index >= 15 is 0 Å². The second kappa shape index (κ2) is 6.40. The molecular weight excluding hydrogens is 190 g/mol. The summed E-state index contributed by atoms with van der Waals surface area (Å²) in [7, 11) is 0. The highest BCUT2D eigenvalue weighted by Gasteiger charge is 2.19. The van der Waals surface area contributed by atoms with Gasteiger partial charge >= 0.3 is 0 Å². The fourth-order valence-electron chi connectivity index (χ4n) is 1.17. The molecule has 15 heavy (non-hydrogen) atoms. The van der Waals surface area contributed by atoms with E-state index in [1.165, 1.54) is 6.08 Å². The number of amides is 1. The van der Waals surface area contributed by atoms with Crippen LogP contribution < -0.4 is 0 Å². The molecule has 0 spiro atoms. The topological polar surface area (TPSA) is 40.5 Å². The predicted octanol–water partition coefficient (Wildman–Crippen LogP) is 1.74. The third-order valence-electron chi connectivity index (χ3n) is 1.81. The van der Waals surface area contributed by atoms with Crippen LogP contribution in [0.1, 0.15) is 27.7 Å². The molecule has 0 unspecified atom stereocenters. The zero-order valence-electron chi connectivity index (χ0n) is 10.0. The van der Waals surface area contributed by atoms with Crippen LogP contribution in [0.2, 0.25) is 0 Å². The van der Waals surface area contributed by atoms with Crippen LogP contribution in [0.15, 0.2) is 24.3 Å². The van der Waals surface area contributed by atoms with Crippen molar-refractivity contribution in [1.29, 1.82) is 0 Å². The van der Waals surface area contributed by atoms with Crippen LogP contribution in [0.5, 0.6) is 0 Å². The maximum absolute atomic E-state index is 11.6. The number of carbonyl (C=O) groups excluding carboxylic acids is 1. The van der Waals surface area contributed by atoms with Gasteiger partial charge in [-0.1, -0.05) is 18.2 Å². The number of carbonyl (C=O) groups is 1. The molecule has 0 fully saturated rings. The van der Waals surface area contributed by atoms with Crippen molar-refractivity contribution >= 4 is 5.91 Å². The summed E-state index contributed by atoms with van der Waals surface area (Å²) < 4.78 is 0. The van der Waals surface area contributed by atoms with E-state index in [0.717, 1.165) is 0 Å². The first-order valence-corrected chi connectivity index (χ1v) is 5.21. The van der Waals surface area contributed by atoms with Gasteiger partial charge in [0.25, 0.3) is 0 Å². The monoisotopic (exact) mass is 211 g/mol. The second-order valence-electron chi connectivity index (χ2n) is 4.05. The van der Waals surface area contributed by atoms with Crippen molar-refractivity contribution in [2.75, 3.05) is 13.1 Å². The highest BCUT2D eigenvalue weighted by Crippen LogP contribution is 2.05. The fourth-order valence-corrected chi connectivity index (χ4v) is 1.17. The molecule has 0 bridgehead atoms. The van der Waals surface area contributed by atoms with E-state index in [2.05, 4.69) is 0 Å². The second-order valence-corrected chi connectivity index (χ2v) is 4.05. The Labute approximate surface area is 92.1 Å². The van der Waals surface area contributed by atoms with Gasteiger partial charge in [0.15, 0.2) is 0 Å². The molecule has 0 aromatic carbocycles. The van der Waals surface area contributed by atoms with Crippen molar-refractivity contribution in [3.63, 3.8) is 0 Å². The van der Waals surface area contributed by atoms with Gasteiger partial charge in [-0.25, -0.2) is 0 Å². The zero-order valence-corrected chi connectivity index (χ0v) is 10.0. The van der Waals surface area contributed by atoms with Crippen molar-refractivity contribution in [3.05, 3.63) is 24.3 Å². The average molecular weight is 211 g/mol. The number of nitrogens with zero attached hydrogens (tertiary/aromatic N) is 1. The molecule has 0 radical (unpaired) electrons. The Hall–Kier alpha value is -1.09. The third-order valence-corrected chi connectivity index (χ3v) is 1.81. The number of likely N-dealkylation sites (N-methyl/N-ethyl adjacent to an activating group) is 1. The summed E-state index contributed by atoms with van der Waals surface area (Å²) in [5, 5.41) is 9.61. The van der Waals surface area contributed by atoms with Crippen molar-refractivity contribution < 1.29 is 9.90 Å². The molecule has 3 nitrogen and oxygen atoms in total. The Balaban J connectivity index is 4.35. The van der Waals surface area contributed by atoms with Crippen LogP contribution in [0, 0.1) is 0 Å². The van der Waals surface area contributed by atoms with Crippen LogP contribution >= 0.6 is 0 Å². The lowest BCUT2D eigenvalue weighted by Gasteiger charge is -2.27. The van der Waals surface area contributed by atoms with Crippen molar-refractivity contribution in [1.82, 2.24) is 4.90 Å². The molecule has 0 aliphatic rings. The highest BCUT2D eigenvalue weighted by molar-refractivity contribution is 5.87. The Morgan fingerprint density at radius 1 is 1.40 bits per heavy atom. The van der Waals surface area contributed by atoms with Crippen molar-refractivity contribution in [2.45, 2.75) is 33.3 Å². The lowest BCUT2D eigenvalue weighted by atomic mass is 10.1. The summed E-state index contributed by atoms with van der Waals surface area (Å²) in [5.41, 5.74) is -0.847. The Bertz CT molecular complexity index is 249. The Morgan fingerprint density at radius 2 is 2.00 bits per heavy atom. The van der Waals surface area contributed by atoms with Gasteiger partial charge in [-0.2, -0.15) is 0 Å². The molecule has 0 aromatic rings. The standard InChI is InChI=1S/C12H21NO2/c1-5-7-8-9-11(14)13(6-2)10-12(3,4)15/h5,7-9,15H,6,10H2,1-4H3. The molecule has 86 valence electrons. The smallest absolute Gasteiger partial charge is 0.246 e. The summed E-state index contributed by atoms with van der Waals surface area (Å²) in [6.45, 7) is 8.12. The minimum atomic E-state index is -0.847. The lowest BCUT2D eigenvalue weighted by molar-refractivity contribution is -0.128. The summed E-state index contributed by atoms with van der Waals surface area (Å²) in [6, 6.07) is 0. The molecule has 1 N–H and O–H groups in total. The summed E-state index contributed by atoms with van der Waals surface area (Å²) in [5.74, 6) is -0.0716. The number of aliphatic hydroxyl groups is 1. The lowest BCUT2D eigenvalue weighted by Crippen LogP contribution is -2.41. The van der Waals surface area contributed by atoms with Gasteiger partial charge < -0.3 is 10.0 Å². The van der Waals surface area contributed by atoms with E-state index in [0.29, 0.717) is 13.1 Å². The SMILES string of the molecule is CC=CC=CC(=O)N(CC)CC(C)(C)O. The van der Waals surface area contributed by atoms with Crippen molar-refractivity contribution in [3.8, 4) is 0 Å². The van der Waals surface area contributed by atoms with Gasteiger partial charge in [-0.3, -0.25) is 4.79 Å². The average Bonchev–Trinajstić information content (AvgIpc) is 2.13. The Morgan fingerprint density at radius 3 is 2.40 bits per heavy atom. The fraction of sp³-hybridized carbons (Fsp3) is 0.583. The van der Waals surface area contributed by atoms with E-state index in [1.54, 1.807) is 30.9 Å². The first-order chi connectivity index (χ1) is 6.90. The van der Waals surface area contributed by atoms with Gasteiger partial charge in [0.2, 0.25) is 5.91 Å². The predicted molar refractivity (Wildman–Crippen MR) is 62.5 cm³/mol. The summed E-state index contributed by atoms with van der Waals surface area (Å²) >= 11 is 0.